The molecule has 146 valence electrons. The summed E-state index contributed by atoms with van der Waals surface area (Å²) in [5.74, 6) is 0.858. The van der Waals surface area contributed by atoms with Crippen LogP contribution in [0.15, 0.2) is 0 Å². The molecule has 2 heterocycles. The molecular formula is C19H32BNO5. The highest BCUT2D eigenvalue weighted by atomic mass is 16.7. The number of carbonyl (C=O) groups excluding carboxylic acids is 1. The zero-order valence-corrected chi connectivity index (χ0v) is 16.8. The molecule has 2 aliphatic heterocycles. The lowest BCUT2D eigenvalue weighted by Gasteiger charge is -2.64. The van der Waals surface area contributed by atoms with Crippen molar-refractivity contribution < 1.29 is 23.9 Å². The zero-order chi connectivity index (χ0) is 19.1. The van der Waals surface area contributed by atoms with Crippen LogP contribution in [0.3, 0.4) is 0 Å². The third-order valence-corrected chi connectivity index (χ3v) is 7.23. The quantitative estimate of drug-likeness (QED) is 0.724. The molecular weight excluding hydrogens is 333 g/mol. The van der Waals surface area contributed by atoms with E-state index in [1.165, 1.54) is 6.42 Å². The van der Waals surface area contributed by atoms with Gasteiger partial charge < -0.3 is 24.1 Å². The van der Waals surface area contributed by atoms with Gasteiger partial charge >= 0.3 is 13.2 Å². The number of hydrogen-bond donors (Lipinski definition) is 1. The van der Waals surface area contributed by atoms with Crippen molar-refractivity contribution in [3.05, 3.63) is 0 Å². The SMILES string of the molecule is CC(C)(C)OC(=O)N1C[C@H](O)C[C@H]1B1O[C@@H]2C[C@@H]3C[C@@H](C3(C)C)[C@]2(C)O1. The average molecular weight is 365 g/mol. The molecule has 0 radical (unpaired) electrons. The number of amides is 1. The molecule has 5 aliphatic rings. The molecule has 7 heteroatoms. The van der Waals surface area contributed by atoms with Gasteiger partial charge in [0, 0.05) is 6.54 Å². The number of carbonyl (C=O) groups is 1. The van der Waals surface area contributed by atoms with Gasteiger partial charge in [-0.2, -0.15) is 0 Å². The normalized spacial score (nSPS) is 43.9. The van der Waals surface area contributed by atoms with Gasteiger partial charge in [-0.05, 0) is 64.2 Å². The first-order valence-electron chi connectivity index (χ1n) is 9.93. The van der Waals surface area contributed by atoms with Crippen LogP contribution < -0.4 is 0 Å². The van der Waals surface area contributed by atoms with Gasteiger partial charge in [0.1, 0.15) is 5.60 Å². The van der Waals surface area contributed by atoms with E-state index in [1.807, 2.05) is 20.8 Å². The lowest BCUT2D eigenvalue weighted by Crippen LogP contribution is -2.65. The van der Waals surface area contributed by atoms with Crippen molar-refractivity contribution in [2.45, 2.75) is 90.2 Å². The summed E-state index contributed by atoms with van der Waals surface area (Å²) in [5.41, 5.74) is -0.600. The van der Waals surface area contributed by atoms with Crippen molar-refractivity contribution in [2.24, 2.45) is 17.3 Å². The molecule has 0 aromatic carbocycles. The first kappa shape index (κ1) is 18.6. The van der Waals surface area contributed by atoms with E-state index in [0.29, 0.717) is 18.3 Å². The van der Waals surface area contributed by atoms with E-state index in [2.05, 4.69) is 20.8 Å². The molecule has 1 N–H and O–H groups in total. The van der Waals surface area contributed by atoms with Crippen molar-refractivity contribution in [1.82, 2.24) is 4.90 Å². The topological polar surface area (TPSA) is 68.2 Å². The van der Waals surface area contributed by atoms with Gasteiger partial charge in [-0.3, -0.25) is 0 Å². The van der Waals surface area contributed by atoms with Crippen LogP contribution in [-0.4, -0.2) is 59.1 Å². The number of hydrogen-bond acceptors (Lipinski definition) is 5. The van der Waals surface area contributed by atoms with E-state index in [1.54, 1.807) is 4.90 Å². The number of β-amino-alcohol motifs (C(OH)–C–C–N with tert-alkyl or cyclic N) is 1. The van der Waals surface area contributed by atoms with Gasteiger partial charge in [0.05, 0.1) is 23.8 Å². The van der Waals surface area contributed by atoms with Crippen molar-refractivity contribution >= 4 is 13.2 Å². The summed E-state index contributed by atoms with van der Waals surface area (Å²) in [5, 5.41) is 10.2. The molecule has 5 rings (SSSR count). The molecule has 0 aromatic heterocycles. The Morgan fingerprint density at radius 3 is 2.54 bits per heavy atom. The standard InChI is InChI=1S/C19H32BNO5/c1-17(2,3)24-16(23)21-10-12(22)9-15(21)20-25-14-8-11-7-13(18(11,4)5)19(14,6)26-20/h11-15,22H,7-10H2,1-6H3/t11-,12+,13-,14+,15-,19-/m0/s1. The largest absolute Gasteiger partial charge is 0.482 e. The molecule has 2 saturated heterocycles. The minimum atomic E-state index is -0.572. The van der Waals surface area contributed by atoms with Crippen molar-refractivity contribution in [2.75, 3.05) is 6.54 Å². The predicted octanol–water partition coefficient (Wildman–Crippen LogP) is 2.62. The van der Waals surface area contributed by atoms with Crippen LogP contribution in [0.25, 0.3) is 0 Å². The van der Waals surface area contributed by atoms with Crippen LogP contribution in [-0.2, 0) is 14.0 Å². The third-order valence-electron chi connectivity index (χ3n) is 7.23. The summed E-state index contributed by atoms with van der Waals surface area (Å²) in [4.78, 5) is 14.2. The molecule has 6 atom stereocenters. The van der Waals surface area contributed by atoms with Crippen molar-refractivity contribution in [3.8, 4) is 0 Å². The average Bonchev–Trinajstić information content (AvgIpc) is 3.04. The first-order valence-corrected chi connectivity index (χ1v) is 9.93. The van der Waals surface area contributed by atoms with Crippen LogP contribution in [0.1, 0.15) is 60.8 Å². The van der Waals surface area contributed by atoms with E-state index >= 15 is 0 Å². The maximum atomic E-state index is 12.6. The van der Waals surface area contributed by atoms with E-state index in [0.717, 1.165) is 6.42 Å². The molecule has 2 bridgehead atoms. The van der Waals surface area contributed by atoms with Gasteiger partial charge in [0.25, 0.3) is 0 Å². The van der Waals surface area contributed by atoms with Crippen molar-refractivity contribution in [3.63, 3.8) is 0 Å². The lowest BCUT2D eigenvalue weighted by atomic mass is 9.43. The number of ether oxygens (including phenoxy) is 1. The summed E-state index contributed by atoms with van der Waals surface area (Å²) < 4.78 is 18.4. The van der Waals surface area contributed by atoms with Gasteiger partial charge in [0.15, 0.2) is 0 Å². The number of aliphatic hydroxyl groups is 1. The summed E-state index contributed by atoms with van der Waals surface area (Å²) in [6, 6.07) is 0. The summed E-state index contributed by atoms with van der Waals surface area (Å²) in [6.45, 7) is 12.6. The molecule has 3 saturated carbocycles. The highest BCUT2D eigenvalue weighted by molar-refractivity contribution is 6.48. The summed E-state index contributed by atoms with van der Waals surface area (Å²) in [7, 11) is -0.496. The smallest absolute Gasteiger partial charge is 0.444 e. The molecule has 3 aliphatic carbocycles. The van der Waals surface area contributed by atoms with Gasteiger partial charge in [-0.25, -0.2) is 4.79 Å². The van der Waals surface area contributed by atoms with Crippen LogP contribution in [0.2, 0.25) is 0 Å². The number of aliphatic hydroxyl groups excluding tert-OH is 1. The van der Waals surface area contributed by atoms with Gasteiger partial charge in [0.2, 0.25) is 0 Å². The third kappa shape index (κ3) is 2.69. The lowest BCUT2D eigenvalue weighted by molar-refractivity contribution is -0.199. The zero-order valence-electron chi connectivity index (χ0n) is 16.8. The predicted molar refractivity (Wildman–Crippen MR) is 97.5 cm³/mol. The molecule has 5 fully saturated rings. The molecule has 26 heavy (non-hydrogen) atoms. The van der Waals surface area contributed by atoms with Crippen LogP contribution in [0.5, 0.6) is 0 Å². The maximum absolute atomic E-state index is 12.6. The summed E-state index contributed by atoms with van der Waals surface area (Å²) >= 11 is 0. The highest BCUT2D eigenvalue weighted by Crippen LogP contribution is 2.65. The molecule has 0 unspecified atom stereocenters. The molecule has 1 amide bonds. The summed E-state index contributed by atoms with van der Waals surface area (Å²) in [6.07, 6.45) is 1.76. The van der Waals surface area contributed by atoms with Gasteiger partial charge in [-0.1, -0.05) is 13.8 Å². The Hall–Kier alpha value is -0.785. The maximum Gasteiger partial charge on any atom is 0.482 e. The minimum Gasteiger partial charge on any atom is -0.444 e. The first-order chi connectivity index (χ1) is 11.9. The number of likely N-dealkylation sites (tertiary alicyclic amines) is 1. The van der Waals surface area contributed by atoms with Gasteiger partial charge in [-0.15, -0.1) is 0 Å². The van der Waals surface area contributed by atoms with E-state index in [-0.39, 0.29) is 29.6 Å². The fourth-order valence-corrected chi connectivity index (χ4v) is 5.69. The van der Waals surface area contributed by atoms with Crippen LogP contribution in [0, 0.1) is 17.3 Å². The monoisotopic (exact) mass is 365 g/mol. The Labute approximate surface area is 156 Å². The second kappa shape index (κ2) is 5.61. The van der Waals surface area contributed by atoms with E-state index in [4.69, 9.17) is 14.0 Å². The molecule has 0 aromatic rings. The highest BCUT2D eigenvalue weighted by Gasteiger charge is 2.69. The fourth-order valence-electron chi connectivity index (χ4n) is 5.69. The fraction of sp³-hybridized carbons (Fsp3) is 0.947. The van der Waals surface area contributed by atoms with Crippen LogP contribution in [0.4, 0.5) is 4.79 Å². The number of nitrogens with zero attached hydrogens (tertiary/aromatic N) is 1. The second-order valence-electron chi connectivity index (χ2n) is 10.4. The van der Waals surface area contributed by atoms with Crippen molar-refractivity contribution in [1.29, 1.82) is 0 Å². The minimum absolute atomic E-state index is 0.0718. The number of rotatable bonds is 1. The van der Waals surface area contributed by atoms with E-state index < -0.39 is 24.9 Å². The Bertz CT molecular complexity index is 605. The Morgan fingerprint density at radius 1 is 1.23 bits per heavy atom. The van der Waals surface area contributed by atoms with Crippen LogP contribution >= 0.6 is 0 Å². The molecule has 6 nitrogen and oxygen atoms in total. The van der Waals surface area contributed by atoms with E-state index in [9.17, 15) is 9.90 Å². The Morgan fingerprint density at radius 2 is 1.92 bits per heavy atom. The Balaban J connectivity index is 1.51. The molecule has 0 spiro atoms. The Kier molecular flexibility index (Phi) is 4.01. The second-order valence-corrected chi connectivity index (χ2v) is 10.4.